The van der Waals surface area contributed by atoms with E-state index in [9.17, 15) is 14.9 Å². The third-order valence-corrected chi connectivity index (χ3v) is 5.75. The van der Waals surface area contributed by atoms with E-state index >= 15 is 0 Å². The number of nitro groups is 1. The van der Waals surface area contributed by atoms with Gasteiger partial charge in [-0.25, -0.2) is 4.98 Å². The van der Waals surface area contributed by atoms with E-state index in [1.165, 1.54) is 17.4 Å². The van der Waals surface area contributed by atoms with Crippen LogP contribution in [0.5, 0.6) is 0 Å². The summed E-state index contributed by atoms with van der Waals surface area (Å²) in [5.74, 6) is -0.347. The number of nitro benzene ring substituents is 1. The number of thiophene rings is 1. The van der Waals surface area contributed by atoms with Crippen LogP contribution in [0.15, 0.2) is 48.5 Å². The molecule has 134 valence electrons. The second-order valence-electron chi connectivity index (χ2n) is 5.93. The van der Waals surface area contributed by atoms with Crippen molar-refractivity contribution in [2.24, 2.45) is 0 Å². The number of nitrogens with one attached hydrogen (secondary N) is 1. The van der Waals surface area contributed by atoms with Gasteiger partial charge in [0.1, 0.15) is 5.15 Å². The second kappa shape index (κ2) is 6.61. The monoisotopic (exact) mass is 397 g/mol. The Morgan fingerprint density at radius 1 is 1.19 bits per heavy atom. The van der Waals surface area contributed by atoms with Crippen LogP contribution < -0.4 is 5.32 Å². The van der Waals surface area contributed by atoms with Crippen LogP contribution in [-0.4, -0.2) is 15.8 Å². The second-order valence-corrected chi connectivity index (χ2v) is 7.34. The standard InChI is InChI=1S/C19H12ClN3O3S/c1-10-13(7-4-8-15(10)23(25)26)22-19(24)16-9-12-17(27-16)11-5-2-3-6-14(11)21-18(12)20/h2-9H,1H3,(H,22,24). The van der Waals surface area contributed by atoms with Gasteiger partial charge in [0, 0.05) is 21.5 Å². The fourth-order valence-electron chi connectivity index (χ4n) is 2.93. The van der Waals surface area contributed by atoms with E-state index < -0.39 is 4.92 Å². The first-order valence-corrected chi connectivity index (χ1v) is 9.18. The number of rotatable bonds is 3. The van der Waals surface area contributed by atoms with Crippen LogP contribution in [0.4, 0.5) is 11.4 Å². The molecule has 0 unspecified atom stereocenters. The van der Waals surface area contributed by atoms with Crippen molar-refractivity contribution >= 4 is 61.2 Å². The Hall–Kier alpha value is -3.03. The lowest BCUT2D eigenvalue weighted by molar-refractivity contribution is -0.385. The number of pyridine rings is 1. The molecule has 2 heterocycles. The van der Waals surface area contributed by atoms with Gasteiger partial charge in [0.05, 0.1) is 26.6 Å². The number of anilines is 1. The maximum Gasteiger partial charge on any atom is 0.274 e. The SMILES string of the molecule is Cc1c(NC(=O)c2cc3c(Cl)nc4ccccc4c3s2)cccc1[N+](=O)[O-]. The zero-order valence-electron chi connectivity index (χ0n) is 14.0. The average Bonchev–Trinajstić information content (AvgIpc) is 3.10. The summed E-state index contributed by atoms with van der Waals surface area (Å²) in [4.78, 5) is 28.2. The Morgan fingerprint density at radius 3 is 2.74 bits per heavy atom. The normalized spacial score (nSPS) is 11.0. The first-order valence-electron chi connectivity index (χ1n) is 7.99. The molecule has 0 spiro atoms. The molecular formula is C19H12ClN3O3S. The summed E-state index contributed by atoms with van der Waals surface area (Å²) in [6.07, 6.45) is 0. The van der Waals surface area contributed by atoms with Crippen molar-refractivity contribution in [1.29, 1.82) is 0 Å². The number of nitrogens with zero attached hydrogens (tertiary/aromatic N) is 2. The van der Waals surface area contributed by atoms with Crippen LogP contribution in [0.1, 0.15) is 15.2 Å². The molecule has 0 aliphatic rings. The number of halogens is 1. The molecule has 0 atom stereocenters. The molecule has 0 saturated carbocycles. The minimum Gasteiger partial charge on any atom is -0.321 e. The number of carbonyl (C=O) groups is 1. The van der Waals surface area contributed by atoms with Gasteiger partial charge < -0.3 is 5.32 Å². The van der Waals surface area contributed by atoms with Gasteiger partial charge in [0.25, 0.3) is 11.6 Å². The number of fused-ring (bicyclic) bond motifs is 3. The Kier molecular flexibility index (Phi) is 4.25. The van der Waals surface area contributed by atoms with Crippen LogP contribution in [0.3, 0.4) is 0 Å². The summed E-state index contributed by atoms with van der Waals surface area (Å²) in [7, 11) is 0. The van der Waals surface area contributed by atoms with E-state index in [0.717, 1.165) is 15.6 Å². The number of hydrogen-bond acceptors (Lipinski definition) is 5. The lowest BCUT2D eigenvalue weighted by Crippen LogP contribution is -2.11. The zero-order valence-corrected chi connectivity index (χ0v) is 15.6. The smallest absolute Gasteiger partial charge is 0.274 e. The van der Waals surface area contributed by atoms with Gasteiger partial charge in [-0.1, -0.05) is 35.9 Å². The summed E-state index contributed by atoms with van der Waals surface area (Å²) in [6.45, 7) is 1.60. The lowest BCUT2D eigenvalue weighted by atomic mass is 10.1. The van der Waals surface area contributed by atoms with E-state index in [0.29, 0.717) is 26.7 Å². The van der Waals surface area contributed by atoms with Gasteiger partial charge in [0.15, 0.2) is 0 Å². The molecule has 2 aromatic heterocycles. The van der Waals surface area contributed by atoms with Gasteiger partial charge in [0.2, 0.25) is 0 Å². The largest absolute Gasteiger partial charge is 0.321 e. The van der Waals surface area contributed by atoms with Crippen LogP contribution in [0, 0.1) is 17.0 Å². The molecule has 4 aromatic rings. The van der Waals surface area contributed by atoms with Gasteiger partial charge in [-0.15, -0.1) is 11.3 Å². The minimum atomic E-state index is -0.470. The van der Waals surface area contributed by atoms with Crippen LogP contribution in [0.25, 0.3) is 21.0 Å². The highest BCUT2D eigenvalue weighted by atomic mass is 35.5. The minimum absolute atomic E-state index is 0.0395. The van der Waals surface area contributed by atoms with Gasteiger partial charge in [-0.3, -0.25) is 14.9 Å². The number of carbonyl (C=O) groups excluding carboxylic acids is 1. The molecule has 0 bridgehead atoms. The summed E-state index contributed by atoms with van der Waals surface area (Å²) < 4.78 is 0.881. The first-order chi connectivity index (χ1) is 13.0. The van der Waals surface area contributed by atoms with Crippen LogP contribution >= 0.6 is 22.9 Å². The average molecular weight is 398 g/mol. The summed E-state index contributed by atoms with van der Waals surface area (Å²) >= 11 is 7.60. The molecular weight excluding hydrogens is 386 g/mol. The van der Waals surface area contributed by atoms with Crippen molar-refractivity contribution in [1.82, 2.24) is 4.98 Å². The number of amides is 1. The number of para-hydroxylation sites is 1. The van der Waals surface area contributed by atoms with E-state index in [-0.39, 0.29) is 11.6 Å². The lowest BCUT2D eigenvalue weighted by Gasteiger charge is -2.07. The van der Waals surface area contributed by atoms with E-state index in [4.69, 9.17) is 11.6 Å². The van der Waals surface area contributed by atoms with Crippen molar-refractivity contribution in [3.05, 3.63) is 74.2 Å². The van der Waals surface area contributed by atoms with Crippen LogP contribution in [0.2, 0.25) is 5.15 Å². The summed E-state index contributed by atoms with van der Waals surface area (Å²) in [6, 6.07) is 13.9. The Labute approximate surface area is 162 Å². The fraction of sp³-hybridized carbons (Fsp3) is 0.0526. The molecule has 2 aromatic carbocycles. The third-order valence-electron chi connectivity index (χ3n) is 4.30. The molecule has 6 nitrogen and oxygen atoms in total. The van der Waals surface area contributed by atoms with Crippen LogP contribution in [-0.2, 0) is 0 Å². The van der Waals surface area contributed by atoms with Gasteiger partial charge in [-0.05, 0) is 25.1 Å². The van der Waals surface area contributed by atoms with E-state index in [2.05, 4.69) is 10.3 Å². The Bertz CT molecular complexity index is 1240. The highest BCUT2D eigenvalue weighted by Gasteiger charge is 2.18. The molecule has 8 heteroatoms. The molecule has 1 N–H and O–H groups in total. The molecule has 27 heavy (non-hydrogen) atoms. The molecule has 1 amide bonds. The maximum atomic E-state index is 12.7. The zero-order chi connectivity index (χ0) is 19.1. The van der Waals surface area contributed by atoms with Crippen molar-refractivity contribution in [2.45, 2.75) is 6.92 Å². The topological polar surface area (TPSA) is 85.1 Å². The number of aromatic nitrogens is 1. The van der Waals surface area contributed by atoms with Crippen molar-refractivity contribution in [3.8, 4) is 0 Å². The van der Waals surface area contributed by atoms with E-state index in [1.54, 1.807) is 25.1 Å². The van der Waals surface area contributed by atoms with Gasteiger partial charge >= 0.3 is 0 Å². The maximum absolute atomic E-state index is 12.7. The fourth-order valence-corrected chi connectivity index (χ4v) is 4.31. The highest BCUT2D eigenvalue weighted by molar-refractivity contribution is 7.22. The first kappa shape index (κ1) is 17.4. The predicted molar refractivity (Wildman–Crippen MR) is 108 cm³/mol. The highest BCUT2D eigenvalue weighted by Crippen LogP contribution is 2.36. The summed E-state index contributed by atoms with van der Waals surface area (Å²) in [5.41, 5.74) is 1.53. The van der Waals surface area contributed by atoms with Crippen molar-refractivity contribution < 1.29 is 9.72 Å². The number of hydrogen-bond donors (Lipinski definition) is 1. The van der Waals surface area contributed by atoms with Crippen molar-refractivity contribution in [3.63, 3.8) is 0 Å². The van der Waals surface area contributed by atoms with Crippen molar-refractivity contribution in [2.75, 3.05) is 5.32 Å². The molecule has 0 saturated heterocycles. The molecule has 0 fully saturated rings. The Morgan fingerprint density at radius 2 is 1.96 bits per heavy atom. The molecule has 0 radical (unpaired) electrons. The quantitative estimate of drug-likeness (QED) is 0.278. The number of benzene rings is 2. The van der Waals surface area contributed by atoms with E-state index in [1.807, 2.05) is 24.3 Å². The van der Waals surface area contributed by atoms with Gasteiger partial charge in [-0.2, -0.15) is 0 Å². The predicted octanol–water partition coefficient (Wildman–Crippen LogP) is 5.57. The third kappa shape index (κ3) is 3.01. The summed E-state index contributed by atoms with van der Waals surface area (Å²) in [5, 5.41) is 15.8. The molecule has 0 aliphatic heterocycles. The molecule has 4 rings (SSSR count). The Balaban J connectivity index is 1.76. The molecule has 0 aliphatic carbocycles.